The summed E-state index contributed by atoms with van der Waals surface area (Å²) in [6.45, 7) is 6.12. The van der Waals surface area contributed by atoms with E-state index in [0.29, 0.717) is 0 Å². The van der Waals surface area contributed by atoms with Gasteiger partial charge in [0.25, 0.3) is 0 Å². The van der Waals surface area contributed by atoms with E-state index in [2.05, 4.69) is 0 Å². The van der Waals surface area contributed by atoms with Crippen LogP contribution in [0.15, 0.2) is 30.3 Å². The smallest absolute Gasteiger partial charge is 0.120 e. The molecule has 12 heavy (non-hydrogen) atoms. The topological polar surface area (TPSA) is 9.23 Å². The van der Waals surface area contributed by atoms with Gasteiger partial charge < -0.3 is 4.74 Å². The van der Waals surface area contributed by atoms with Crippen molar-refractivity contribution in [2.75, 3.05) is 0 Å². The third kappa shape index (κ3) is 4.24. The molecule has 0 bridgehead atoms. The summed E-state index contributed by atoms with van der Waals surface area (Å²) in [7, 11) is 0. The van der Waals surface area contributed by atoms with Crippen molar-refractivity contribution in [2.45, 2.75) is 26.4 Å². The Labute approximate surface area is 80.2 Å². The summed E-state index contributed by atoms with van der Waals surface area (Å²) in [5.74, 6) is 0.931. The van der Waals surface area contributed by atoms with E-state index in [4.69, 9.17) is 4.74 Å². The molecule has 0 radical (unpaired) electrons. The first-order valence-electron chi connectivity index (χ1n) is 3.82. The minimum Gasteiger partial charge on any atom is -0.488 e. The van der Waals surface area contributed by atoms with Crippen LogP contribution in [0.3, 0.4) is 0 Å². The van der Waals surface area contributed by atoms with Gasteiger partial charge in [-0.3, -0.25) is 0 Å². The molecule has 1 nitrogen and oxygen atoms in total. The molecule has 0 saturated carbocycles. The number of rotatable bonds is 1. The molecule has 0 spiro atoms. The van der Waals surface area contributed by atoms with Crippen LogP contribution in [0.4, 0.5) is 0 Å². The summed E-state index contributed by atoms with van der Waals surface area (Å²) in [4.78, 5) is 0. The van der Waals surface area contributed by atoms with Gasteiger partial charge in [0.05, 0.1) is 0 Å². The maximum atomic E-state index is 5.60. The van der Waals surface area contributed by atoms with Crippen molar-refractivity contribution in [1.29, 1.82) is 0 Å². The van der Waals surface area contributed by atoms with Gasteiger partial charge in [-0.1, -0.05) is 18.2 Å². The highest BCUT2D eigenvalue weighted by atomic mass is 35.5. The fourth-order valence-electron chi connectivity index (χ4n) is 0.842. The molecule has 0 atom stereocenters. The molecule has 2 heteroatoms. The highest BCUT2D eigenvalue weighted by molar-refractivity contribution is 5.85. The van der Waals surface area contributed by atoms with Crippen LogP contribution >= 0.6 is 12.4 Å². The third-order valence-electron chi connectivity index (χ3n) is 1.17. The second-order valence-corrected chi connectivity index (χ2v) is 3.53. The number of halogens is 1. The zero-order valence-electron chi connectivity index (χ0n) is 7.70. The molecule has 1 rings (SSSR count). The number of ether oxygens (including phenoxy) is 1. The van der Waals surface area contributed by atoms with Gasteiger partial charge in [-0.05, 0) is 32.9 Å². The van der Waals surface area contributed by atoms with Crippen molar-refractivity contribution in [1.82, 2.24) is 0 Å². The Bertz CT molecular complexity index is 213. The molecular weight excluding hydrogens is 172 g/mol. The van der Waals surface area contributed by atoms with E-state index in [0.717, 1.165) is 5.75 Å². The molecule has 0 saturated heterocycles. The van der Waals surface area contributed by atoms with Gasteiger partial charge >= 0.3 is 0 Å². The normalized spacial score (nSPS) is 10.2. The average Bonchev–Trinajstić information content (AvgIpc) is 1.85. The van der Waals surface area contributed by atoms with Crippen molar-refractivity contribution in [3.63, 3.8) is 0 Å². The van der Waals surface area contributed by atoms with E-state index < -0.39 is 0 Å². The quantitative estimate of drug-likeness (QED) is 0.654. The second kappa shape index (κ2) is 4.36. The molecule has 1 aromatic rings. The summed E-state index contributed by atoms with van der Waals surface area (Å²) >= 11 is 0. The molecule has 0 aliphatic heterocycles. The minimum absolute atomic E-state index is 0. The van der Waals surface area contributed by atoms with Crippen LogP contribution in [0.5, 0.6) is 5.75 Å². The molecule has 0 heterocycles. The van der Waals surface area contributed by atoms with Crippen LogP contribution in [0.25, 0.3) is 0 Å². The number of para-hydroxylation sites is 1. The summed E-state index contributed by atoms with van der Waals surface area (Å²) in [6, 6.07) is 9.86. The first-order valence-corrected chi connectivity index (χ1v) is 3.82. The Morgan fingerprint density at radius 1 is 1.00 bits per heavy atom. The van der Waals surface area contributed by atoms with Gasteiger partial charge in [-0.15, -0.1) is 12.4 Å². The van der Waals surface area contributed by atoms with Crippen molar-refractivity contribution in [3.05, 3.63) is 30.3 Å². The first-order chi connectivity index (χ1) is 5.08. The van der Waals surface area contributed by atoms with Crippen LogP contribution in [0, 0.1) is 0 Å². The van der Waals surface area contributed by atoms with Crippen LogP contribution in [-0.4, -0.2) is 5.60 Å². The maximum absolute atomic E-state index is 5.60. The summed E-state index contributed by atoms with van der Waals surface area (Å²) < 4.78 is 5.60. The molecule has 68 valence electrons. The largest absolute Gasteiger partial charge is 0.488 e. The fraction of sp³-hybridized carbons (Fsp3) is 0.400. The number of hydrogen-bond donors (Lipinski definition) is 0. The van der Waals surface area contributed by atoms with E-state index in [1.807, 2.05) is 51.1 Å². The Kier molecular flexibility index (Phi) is 4.11. The van der Waals surface area contributed by atoms with Crippen LogP contribution in [-0.2, 0) is 0 Å². The zero-order valence-corrected chi connectivity index (χ0v) is 8.52. The van der Waals surface area contributed by atoms with Crippen molar-refractivity contribution < 1.29 is 4.74 Å². The van der Waals surface area contributed by atoms with Crippen LogP contribution < -0.4 is 4.74 Å². The van der Waals surface area contributed by atoms with Gasteiger partial charge in [0, 0.05) is 0 Å². The van der Waals surface area contributed by atoms with Gasteiger partial charge in [0.1, 0.15) is 11.4 Å². The predicted octanol–water partition coefficient (Wildman–Crippen LogP) is 3.29. The monoisotopic (exact) mass is 186 g/mol. The third-order valence-corrected chi connectivity index (χ3v) is 1.17. The molecule has 0 aliphatic carbocycles. The summed E-state index contributed by atoms with van der Waals surface area (Å²) in [5, 5.41) is 0. The lowest BCUT2D eigenvalue weighted by molar-refractivity contribution is 0.131. The molecule has 0 N–H and O–H groups in total. The summed E-state index contributed by atoms with van der Waals surface area (Å²) in [5.41, 5.74) is -0.0959. The standard InChI is InChI=1S/C10H14O.ClH/c1-10(2,3)11-9-7-5-4-6-8-9;/h4-8H,1-3H3;1H. The van der Waals surface area contributed by atoms with E-state index in [1.165, 1.54) is 0 Å². The van der Waals surface area contributed by atoms with E-state index in [9.17, 15) is 0 Å². The molecule has 0 fully saturated rings. The van der Waals surface area contributed by atoms with Crippen molar-refractivity contribution in [2.24, 2.45) is 0 Å². The van der Waals surface area contributed by atoms with Gasteiger partial charge in [0.15, 0.2) is 0 Å². The fourth-order valence-corrected chi connectivity index (χ4v) is 0.842. The minimum atomic E-state index is -0.0959. The highest BCUT2D eigenvalue weighted by Gasteiger charge is 2.10. The van der Waals surface area contributed by atoms with Crippen LogP contribution in [0.1, 0.15) is 20.8 Å². The number of benzene rings is 1. The van der Waals surface area contributed by atoms with Crippen LogP contribution in [0.2, 0.25) is 0 Å². The van der Waals surface area contributed by atoms with E-state index in [1.54, 1.807) is 0 Å². The SMILES string of the molecule is CC(C)(C)Oc1ccccc1.Cl. The second-order valence-electron chi connectivity index (χ2n) is 3.53. The Morgan fingerprint density at radius 3 is 1.92 bits per heavy atom. The zero-order chi connectivity index (χ0) is 8.32. The molecule has 0 amide bonds. The van der Waals surface area contributed by atoms with E-state index in [-0.39, 0.29) is 18.0 Å². The summed E-state index contributed by atoms with van der Waals surface area (Å²) in [6.07, 6.45) is 0. The Morgan fingerprint density at radius 2 is 1.50 bits per heavy atom. The average molecular weight is 187 g/mol. The highest BCUT2D eigenvalue weighted by Crippen LogP contribution is 2.16. The lowest BCUT2D eigenvalue weighted by Gasteiger charge is -2.20. The number of hydrogen-bond acceptors (Lipinski definition) is 1. The van der Waals surface area contributed by atoms with Gasteiger partial charge in [0.2, 0.25) is 0 Å². The lowest BCUT2D eigenvalue weighted by Crippen LogP contribution is -2.22. The van der Waals surface area contributed by atoms with Gasteiger partial charge in [-0.25, -0.2) is 0 Å². The molecule has 0 aliphatic rings. The molecular formula is C10H15ClO. The van der Waals surface area contributed by atoms with Gasteiger partial charge in [-0.2, -0.15) is 0 Å². The Hall–Kier alpha value is -0.690. The Balaban J connectivity index is 0.00000121. The molecule has 1 aromatic carbocycles. The first kappa shape index (κ1) is 11.3. The molecule has 0 unspecified atom stereocenters. The van der Waals surface area contributed by atoms with Crippen molar-refractivity contribution >= 4 is 12.4 Å². The van der Waals surface area contributed by atoms with E-state index >= 15 is 0 Å². The lowest BCUT2D eigenvalue weighted by atomic mass is 10.2. The molecule has 0 aromatic heterocycles. The predicted molar refractivity (Wildman–Crippen MR) is 54.1 cm³/mol. The van der Waals surface area contributed by atoms with Crippen molar-refractivity contribution in [3.8, 4) is 5.75 Å². The maximum Gasteiger partial charge on any atom is 0.120 e.